The van der Waals surface area contributed by atoms with Crippen LogP contribution in [-0.2, 0) is 18.3 Å². The lowest BCUT2D eigenvalue weighted by molar-refractivity contribution is -0.0106. The second kappa shape index (κ2) is 7.68. The van der Waals surface area contributed by atoms with E-state index in [1.807, 2.05) is 0 Å². The molecular formula is C26H33NO2. The van der Waals surface area contributed by atoms with Gasteiger partial charge in [-0.15, -0.1) is 0 Å². The number of benzene rings is 2. The maximum atomic E-state index is 5.60. The highest BCUT2D eigenvalue weighted by Crippen LogP contribution is 2.56. The number of ether oxygens (including phenoxy) is 2. The fraction of sp³-hybridized carbons (Fsp3) is 0.538. The lowest BCUT2D eigenvalue weighted by atomic mass is 9.52. The van der Waals surface area contributed by atoms with Crippen LogP contribution in [0.15, 0.2) is 42.5 Å². The second-order valence-corrected chi connectivity index (χ2v) is 9.19. The number of likely N-dealkylation sites (tertiary alicyclic amines) is 1. The first-order chi connectivity index (χ1) is 14.2. The molecule has 29 heavy (non-hydrogen) atoms. The summed E-state index contributed by atoms with van der Waals surface area (Å²) >= 11 is 0. The fourth-order valence-corrected chi connectivity index (χ4v) is 6.53. The van der Waals surface area contributed by atoms with Gasteiger partial charge in [-0.1, -0.05) is 31.0 Å². The van der Waals surface area contributed by atoms with Gasteiger partial charge in [0.15, 0.2) is 0 Å². The van der Waals surface area contributed by atoms with Crippen molar-refractivity contribution >= 4 is 0 Å². The Kier molecular flexibility index (Phi) is 5.03. The molecule has 2 aromatic carbocycles. The monoisotopic (exact) mass is 391 g/mol. The average molecular weight is 392 g/mol. The van der Waals surface area contributed by atoms with Crippen LogP contribution in [0.3, 0.4) is 0 Å². The summed E-state index contributed by atoms with van der Waals surface area (Å²) in [5.41, 5.74) is 4.99. The summed E-state index contributed by atoms with van der Waals surface area (Å²) in [7, 11) is 3.53. The highest BCUT2D eigenvalue weighted by atomic mass is 16.5. The van der Waals surface area contributed by atoms with Gasteiger partial charge in [0, 0.05) is 18.0 Å². The summed E-state index contributed by atoms with van der Waals surface area (Å²) < 4.78 is 10.9. The summed E-state index contributed by atoms with van der Waals surface area (Å²) in [6.07, 6.45) is 9.16. The van der Waals surface area contributed by atoms with Crippen LogP contribution < -0.4 is 9.47 Å². The van der Waals surface area contributed by atoms with Gasteiger partial charge in [0.2, 0.25) is 0 Å². The first-order valence-corrected chi connectivity index (χ1v) is 11.3. The number of piperidine rings is 1. The van der Waals surface area contributed by atoms with Crippen LogP contribution in [0.25, 0.3) is 0 Å². The van der Waals surface area contributed by atoms with Crippen molar-refractivity contribution in [3.05, 3.63) is 59.2 Å². The zero-order valence-corrected chi connectivity index (χ0v) is 17.8. The molecule has 3 aliphatic rings. The van der Waals surface area contributed by atoms with Crippen molar-refractivity contribution in [2.24, 2.45) is 5.92 Å². The Hall–Kier alpha value is -2.00. The Balaban J connectivity index is 1.39. The molecule has 154 valence electrons. The molecule has 0 radical (unpaired) electrons. The standard InChI is InChI=1S/C26H33NO2/c1-28-21-9-6-19(7-10-21)12-15-27-16-14-26-13-4-3-5-23(26)25(27)17-20-8-11-22(29-2)18-24(20)26/h6-11,18,23,25H,3-5,12-17H2,1-2H3/t23-,25+,26-/m0/s1. The van der Waals surface area contributed by atoms with Crippen molar-refractivity contribution in [3.63, 3.8) is 0 Å². The van der Waals surface area contributed by atoms with E-state index in [1.165, 1.54) is 50.6 Å². The molecule has 1 heterocycles. The van der Waals surface area contributed by atoms with Gasteiger partial charge >= 0.3 is 0 Å². The summed E-state index contributed by atoms with van der Waals surface area (Å²) in [6.45, 7) is 2.39. The lowest BCUT2D eigenvalue weighted by Gasteiger charge is -2.59. The van der Waals surface area contributed by atoms with Crippen molar-refractivity contribution in [3.8, 4) is 11.5 Å². The predicted molar refractivity (Wildman–Crippen MR) is 117 cm³/mol. The minimum absolute atomic E-state index is 0.391. The number of methoxy groups -OCH3 is 2. The van der Waals surface area contributed by atoms with E-state index < -0.39 is 0 Å². The van der Waals surface area contributed by atoms with Gasteiger partial charge in [-0.3, -0.25) is 4.90 Å². The third kappa shape index (κ3) is 3.24. The molecule has 2 aliphatic carbocycles. The Bertz CT molecular complexity index is 862. The van der Waals surface area contributed by atoms with Gasteiger partial charge in [0.25, 0.3) is 0 Å². The number of hydrogen-bond donors (Lipinski definition) is 0. The zero-order valence-electron chi connectivity index (χ0n) is 17.8. The van der Waals surface area contributed by atoms with Gasteiger partial charge in [-0.2, -0.15) is 0 Å². The molecule has 2 bridgehead atoms. The van der Waals surface area contributed by atoms with Crippen molar-refractivity contribution in [1.82, 2.24) is 4.90 Å². The minimum Gasteiger partial charge on any atom is -0.497 e. The largest absolute Gasteiger partial charge is 0.497 e. The molecule has 2 fully saturated rings. The quantitative estimate of drug-likeness (QED) is 0.715. The maximum absolute atomic E-state index is 5.60. The van der Waals surface area contributed by atoms with Gasteiger partial charge in [0.1, 0.15) is 11.5 Å². The predicted octanol–water partition coefficient (Wildman–Crippen LogP) is 5.00. The molecular weight excluding hydrogens is 358 g/mol. The molecule has 0 N–H and O–H groups in total. The first-order valence-electron chi connectivity index (χ1n) is 11.3. The number of hydrogen-bond acceptors (Lipinski definition) is 3. The van der Waals surface area contributed by atoms with E-state index in [1.54, 1.807) is 25.3 Å². The first kappa shape index (κ1) is 19.0. The average Bonchev–Trinajstić information content (AvgIpc) is 2.78. The molecule has 3 heteroatoms. The molecule has 1 saturated carbocycles. The minimum atomic E-state index is 0.391. The fourth-order valence-electron chi connectivity index (χ4n) is 6.53. The van der Waals surface area contributed by atoms with Gasteiger partial charge in [-0.25, -0.2) is 0 Å². The Morgan fingerprint density at radius 3 is 2.55 bits per heavy atom. The molecule has 1 saturated heterocycles. The van der Waals surface area contributed by atoms with E-state index in [-0.39, 0.29) is 0 Å². The highest BCUT2D eigenvalue weighted by molar-refractivity contribution is 5.45. The number of rotatable bonds is 5. The van der Waals surface area contributed by atoms with Crippen LogP contribution in [-0.4, -0.2) is 38.3 Å². The van der Waals surface area contributed by atoms with E-state index >= 15 is 0 Å². The van der Waals surface area contributed by atoms with Crippen LogP contribution >= 0.6 is 0 Å². The van der Waals surface area contributed by atoms with Crippen molar-refractivity contribution in [2.45, 2.75) is 56.4 Å². The van der Waals surface area contributed by atoms with Crippen LogP contribution in [0, 0.1) is 5.92 Å². The van der Waals surface area contributed by atoms with Crippen LogP contribution in [0.4, 0.5) is 0 Å². The van der Waals surface area contributed by atoms with Crippen molar-refractivity contribution in [2.75, 3.05) is 27.3 Å². The normalized spacial score (nSPS) is 28.3. The molecule has 1 aliphatic heterocycles. The summed E-state index contributed by atoms with van der Waals surface area (Å²) in [5.74, 6) is 2.78. The van der Waals surface area contributed by atoms with E-state index in [4.69, 9.17) is 9.47 Å². The smallest absolute Gasteiger partial charge is 0.119 e. The van der Waals surface area contributed by atoms with Crippen molar-refractivity contribution < 1.29 is 9.47 Å². The SMILES string of the molecule is COc1ccc(CCN2CC[C@@]34CCCC[C@H]3[C@H]2Cc2ccc(OC)cc24)cc1. The topological polar surface area (TPSA) is 21.7 Å². The molecule has 0 spiro atoms. The number of nitrogens with zero attached hydrogens (tertiary/aromatic N) is 1. The Labute approximate surface area is 175 Å². The van der Waals surface area contributed by atoms with Crippen LogP contribution in [0.5, 0.6) is 11.5 Å². The molecule has 2 aromatic rings. The third-order valence-corrected chi connectivity index (χ3v) is 8.01. The third-order valence-electron chi connectivity index (χ3n) is 8.01. The van der Waals surface area contributed by atoms with Crippen molar-refractivity contribution in [1.29, 1.82) is 0 Å². The van der Waals surface area contributed by atoms with Gasteiger partial charge in [-0.05, 0) is 85.5 Å². The summed E-state index contributed by atoms with van der Waals surface area (Å²) in [4.78, 5) is 2.81. The van der Waals surface area contributed by atoms with E-state index in [2.05, 4.69) is 47.4 Å². The highest BCUT2D eigenvalue weighted by Gasteiger charge is 2.53. The Morgan fingerprint density at radius 1 is 0.966 bits per heavy atom. The van der Waals surface area contributed by atoms with Crippen LogP contribution in [0.1, 0.15) is 48.8 Å². The second-order valence-electron chi connectivity index (χ2n) is 9.19. The number of fused-ring (bicyclic) bond motifs is 1. The van der Waals surface area contributed by atoms with Crippen LogP contribution in [0.2, 0.25) is 0 Å². The van der Waals surface area contributed by atoms with E-state index in [9.17, 15) is 0 Å². The summed E-state index contributed by atoms with van der Waals surface area (Å²) in [6, 6.07) is 16.2. The summed E-state index contributed by atoms with van der Waals surface area (Å²) in [5, 5.41) is 0. The van der Waals surface area contributed by atoms with Gasteiger partial charge in [0.05, 0.1) is 14.2 Å². The molecule has 0 aromatic heterocycles. The molecule has 3 nitrogen and oxygen atoms in total. The molecule has 0 unspecified atom stereocenters. The molecule has 0 amide bonds. The molecule has 5 rings (SSSR count). The van der Waals surface area contributed by atoms with E-state index in [0.717, 1.165) is 30.4 Å². The lowest BCUT2D eigenvalue weighted by Crippen LogP contribution is -2.61. The van der Waals surface area contributed by atoms with Gasteiger partial charge < -0.3 is 9.47 Å². The Morgan fingerprint density at radius 2 is 1.76 bits per heavy atom. The van der Waals surface area contributed by atoms with E-state index in [0.29, 0.717) is 11.5 Å². The zero-order chi connectivity index (χ0) is 19.8. The maximum Gasteiger partial charge on any atom is 0.119 e. The molecule has 3 atom stereocenters.